The second kappa shape index (κ2) is 5.46. The molecule has 1 N–H and O–H groups in total. The molecule has 0 unspecified atom stereocenters. The Hall–Kier alpha value is -1.79. The predicted molar refractivity (Wildman–Crippen MR) is 80.6 cm³/mol. The molecule has 0 aliphatic carbocycles. The van der Waals surface area contributed by atoms with Gasteiger partial charge in [0.1, 0.15) is 15.3 Å². The Morgan fingerprint density at radius 3 is 2.47 bits per heavy atom. The second-order valence-electron chi connectivity index (χ2n) is 3.70. The topological polar surface area (TPSA) is 50.7 Å². The minimum Gasteiger partial charge on any atom is -0.316 e. The van der Waals surface area contributed by atoms with Crippen LogP contribution in [0.4, 0.5) is 10.9 Å². The normalized spacial score (nSPS) is 10.4. The van der Waals surface area contributed by atoms with Crippen LogP contribution in [-0.2, 0) is 0 Å². The van der Waals surface area contributed by atoms with Crippen LogP contribution < -0.4 is 5.32 Å². The number of pyridine rings is 2. The lowest BCUT2D eigenvalue weighted by Gasteiger charge is -1.99. The van der Waals surface area contributed by atoms with Gasteiger partial charge in [-0.3, -0.25) is 4.98 Å². The Kier molecular flexibility index (Phi) is 3.52. The van der Waals surface area contributed by atoms with Crippen LogP contribution in [0.15, 0.2) is 52.6 Å². The van der Waals surface area contributed by atoms with Crippen molar-refractivity contribution in [2.75, 3.05) is 5.32 Å². The van der Waals surface area contributed by atoms with E-state index in [4.69, 9.17) is 0 Å². The smallest absolute Gasteiger partial charge is 0.190 e. The van der Waals surface area contributed by atoms with E-state index in [-0.39, 0.29) is 0 Å². The number of thiazole rings is 1. The van der Waals surface area contributed by atoms with Crippen molar-refractivity contribution in [2.45, 2.75) is 0 Å². The lowest BCUT2D eigenvalue weighted by molar-refractivity contribution is 1.26. The van der Waals surface area contributed by atoms with Gasteiger partial charge in [-0.2, -0.15) is 0 Å². The summed E-state index contributed by atoms with van der Waals surface area (Å²) in [6.45, 7) is 0. The molecular formula is C13H9BrN4S. The average molecular weight is 333 g/mol. The summed E-state index contributed by atoms with van der Waals surface area (Å²) >= 11 is 5.04. The third-order valence-electron chi connectivity index (χ3n) is 2.39. The highest BCUT2D eigenvalue weighted by atomic mass is 79.9. The molecule has 0 saturated carbocycles. The monoisotopic (exact) mass is 332 g/mol. The van der Waals surface area contributed by atoms with Gasteiger partial charge in [0.2, 0.25) is 0 Å². The molecule has 0 aliphatic rings. The first-order chi connectivity index (χ1) is 9.33. The van der Waals surface area contributed by atoms with Crippen molar-refractivity contribution >= 4 is 38.2 Å². The van der Waals surface area contributed by atoms with Gasteiger partial charge in [-0.1, -0.05) is 23.5 Å². The quantitative estimate of drug-likeness (QED) is 0.784. The molecule has 3 aromatic heterocycles. The molecule has 0 atom stereocenters. The molecule has 19 heavy (non-hydrogen) atoms. The fourth-order valence-corrected chi connectivity index (χ4v) is 3.02. The Bertz CT molecular complexity index is 670. The number of nitrogens with zero attached hydrogens (tertiary/aromatic N) is 3. The highest BCUT2D eigenvalue weighted by molar-refractivity contribution is 9.11. The van der Waals surface area contributed by atoms with Gasteiger partial charge in [-0.05, 0) is 40.2 Å². The Balaban J connectivity index is 1.90. The van der Waals surface area contributed by atoms with E-state index >= 15 is 0 Å². The number of nitrogens with one attached hydrogen (secondary N) is 1. The maximum absolute atomic E-state index is 4.53. The summed E-state index contributed by atoms with van der Waals surface area (Å²) in [6.07, 6.45) is 3.50. The van der Waals surface area contributed by atoms with Crippen LogP contribution >= 0.6 is 27.3 Å². The van der Waals surface area contributed by atoms with Gasteiger partial charge in [0.05, 0.1) is 5.69 Å². The largest absolute Gasteiger partial charge is 0.316 e. The first-order valence-electron chi connectivity index (χ1n) is 5.59. The van der Waals surface area contributed by atoms with E-state index in [9.17, 15) is 0 Å². The molecule has 3 aromatic rings. The van der Waals surface area contributed by atoms with Crippen molar-refractivity contribution in [3.8, 4) is 11.4 Å². The van der Waals surface area contributed by atoms with Crippen molar-refractivity contribution in [1.29, 1.82) is 0 Å². The van der Waals surface area contributed by atoms with Gasteiger partial charge in [0, 0.05) is 12.4 Å². The number of hydrogen-bond acceptors (Lipinski definition) is 5. The summed E-state index contributed by atoms with van der Waals surface area (Å²) < 4.78 is 0.949. The van der Waals surface area contributed by atoms with Crippen molar-refractivity contribution in [2.24, 2.45) is 0 Å². The molecule has 0 saturated heterocycles. The Morgan fingerprint density at radius 1 is 1.00 bits per heavy atom. The molecule has 0 amide bonds. The second-order valence-corrected chi connectivity index (χ2v) is 6.01. The number of aromatic nitrogens is 3. The number of halogens is 1. The summed E-state index contributed by atoms with van der Waals surface area (Å²) in [5.41, 5.74) is 1.68. The van der Waals surface area contributed by atoms with Crippen LogP contribution in [0.5, 0.6) is 0 Å². The van der Waals surface area contributed by atoms with Crippen LogP contribution in [0.25, 0.3) is 11.4 Å². The SMILES string of the molecule is Brc1sc(Nc2ccccn2)nc1-c1ccccn1. The number of hydrogen-bond donors (Lipinski definition) is 1. The zero-order valence-corrected chi connectivity index (χ0v) is 12.1. The highest BCUT2D eigenvalue weighted by Gasteiger charge is 2.12. The molecule has 94 valence electrons. The zero-order chi connectivity index (χ0) is 13.1. The van der Waals surface area contributed by atoms with E-state index in [2.05, 4.69) is 36.2 Å². The van der Waals surface area contributed by atoms with E-state index in [1.165, 1.54) is 11.3 Å². The Morgan fingerprint density at radius 2 is 1.79 bits per heavy atom. The summed E-state index contributed by atoms with van der Waals surface area (Å²) in [6, 6.07) is 11.5. The van der Waals surface area contributed by atoms with Gasteiger partial charge in [-0.25, -0.2) is 9.97 Å². The standard InChI is InChI=1S/C13H9BrN4S/c14-12-11(9-5-1-3-7-15-9)18-13(19-12)17-10-6-2-4-8-16-10/h1-8H,(H,16,17,18). The van der Waals surface area contributed by atoms with Crippen LogP contribution in [-0.4, -0.2) is 15.0 Å². The fraction of sp³-hybridized carbons (Fsp3) is 0. The molecule has 0 fully saturated rings. The van der Waals surface area contributed by atoms with Crippen molar-refractivity contribution in [1.82, 2.24) is 15.0 Å². The lowest BCUT2D eigenvalue weighted by atomic mass is 10.3. The summed E-state index contributed by atoms with van der Waals surface area (Å²) in [4.78, 5) is 13.0. The van der Waals surface area contributed by atoms with E-state index < -0.39 is 0 Å². The lowest BCUT2D eigenvalue weighted by Crippen LogP contribution is -1.91. The van der Waals surface area contributed by atoms with E-state index in [1.807, 2.05) is 36.4 Å². The van der Waals surface area contributed by atoms with Gasteiger partial charge < -0.3 is 5.32 Å². The maximum Gasteiger partial charge on any atom is 0.190 e. The van der Waals surface area contributed by atoms with Crippen molar-refractivity contribution in [3.05, 3.63) is 52.6 Å². The molecule has 6 heteroatoms. The third-order valence-corrected chi connectivity index (χ3v) is 4.01. The Labute approximate surface area is 122 Å². The van der Waals surface area contributed by atoms with E-state index in [0.29, 0.717) is 0 Å². The molecule has 3 rings (SSSR count). The molecule has 0 aliphatic heterocycles. The molecule has 0 radical (unpaired) electrons. The minimum absolute atomic E-state index is 0.774. The first kappa shape index (κ1) is 12.3. The number of anilines is 2. The van der Waals surface area contributed by atoms with Crippen LogP contribution in [0.1, 0.15) is 0 Å². The maximum atomic E-state index is 4.53. The highest BCUT2D eigenvalue weighted by Crippen LogP contribution is 2.35. The summed E-state index contributed by atoms with van der Waals surface area (Å²) in [5, 5.41) is 3.96. The molecule has 4 nitrogen and oxygen atoms in total. The van der Waals surface area contributed by atoms with Crippen molar-refractivity contribution in [3.63, 3.8) is 0 Å². The molecule has 3 heterocycles. The minimum atomic E-state index is 0.774. The van der Waals surface area contributed by atoms with Crippen LogP contribution in [0, 0.1) is 0 Å². The van der Waals surface area contributed by atoms with Gasteiger partial charge in [-0.15, -0.1) is 0 Å². The molecule has 0 spiro atoms. The zero-order valence-electron chi connectivity index (χ0n) is 9.75. The van der Waals surface area contributed by atoms with E-state index in [0.717, 1.165) is 26.1 Å². The van der Waals surface area contributed by atoms with Crippen LogP contribution in [0.2, 0.25) is 0 Å². The fourth-order valence-electron chi connectivity index (χ4n) is 1.56. The molecule has 0 aromatic carbocycles. The molecular weight excluding hydrogens is 324 g/mol. The number of rotatable bonds is 3. The molecule has 0 bridgehead atoms. The predicted octanol–water partition coefficient (Wildman–Crippen LogP) is 4.11. The average Bonchev–Trinajstić information content (AvgIpc) is 2.82. The summed E-state index contributed by atoms with van der Waals surface area (Å²) in [5.74, 6) is 0.774. The van der Waals surface area contributed by atoms with Crippen molar-refractivity contribution < 1.29 is 0 Å². The van der Waals surface area contributed by atoms with E-state index in [1.54, 1.807) is 12.4 Å². The van der Waals surface area contributed by atoms with Gasteiger partial charge in [0.25, 0.3) is 0 Å². The third kappa shape index (κ3) is 2.80. The first-order valence-corrected chi connectivity index (χ1v) is 7.19. The summed E-state index contributed by atoms with van der Waals surface area (Å²) in [7, 11) is 0. The van der Waals surface area contributed by atoms with Gasteiger partial charge >= 0.3 is 0 Å². The van der Waals surface area contributed by atoms with Gasteiger partial charge in [0.15, 0.2) is 5.13 Å². The van der Waals surface area contributed by atoms with Crippen LogP contribution in [0.3, 0.4) is 0 Å².